The average molecular weight is 1830 g/mol. The van der Waals surface area contributed by atoms with Gasteiger partial charge in [-0.05, 0) is 71.0 Å². The summed E-state index contributed by atoms with van der Waals surface area (Å²) in [6.45, 7) is -0.403. The Bertz CT molecular complexity index is 5050. The second-order valence-corrected chi connectivity index (χ2v) is 29.7. The first-order chi connectivity index (χ1) is 63.6. The highest BCUT2D eigenvalue weighted by Gasteiger charge is 2.57. The fraction of sp³-hybridized carbons (Fsp3) is 0.380. The molecule has 40 nitrogen and oxygen atoms in total. The van der Waals surface area contributed by atoms with Crippen LogP contribution in [0.2, 0.25) is 0 Å². The third-order valence-electron chi connectivity index (χ3n) is 19.7. The molecule has 6 amide bonds. The number of carbonyl (C=O) groups excluding carboxylic acids is 15. The van der Waals surface area contributed by atoms with E-state index in [2.05, 4.69) is 41.9 Å². The van der Waals surface area contributed by atoms with Gasteiger partial charge in [0.05, 0.1) is 63.7 Å². The van der Waals surface area contributed by atoms with E-state index in [1.54, 1.807) is 164 Å². The van der Waals surface area contributed by atoms with Gasteiger partial charge in [-0.3, -0.25) is 52.7 Å². The number of hydrogen-bond acceptors (Lipinski definition) is 32. The van der Waals surface area contributed by atoms with Crippen LogP contribution in [-0.4, -0.2) is 227 Å². The molecule has 6 N–H and O–H groups in total. The van der Waals surface area contributed by atoms with E-state index in [-0.39, 0.29) is 37.6 Å². The van der Waals surface area contributed by atoms with Gasteiger partial charge in [0.2, 0.25) is 29.5 Å². The molecule has 16 atom stereocenters. The summed E-state index contributed by atoms with van der Waals surface area (Å²) < 4.78 is 93.9. The Hall–Kier alpha value is -14.5. The first-order valence-electron chi connectivity index (χ1n) is 41.6. The van der Waals surface area contributed by atoms with E-state index in [0.29, 0.717) is 27.8 Å². The highest BCUT2D eigenvalue weighted by Crippen LogP contribution is 2.37. The van der Waals surface area contributed by atoms with Crippen LogP contribution in [0.15, 0.2) is 217 Å². The van der Waals surface area contributed by atoms with Gasteiger partial charge in [-0.1, -0.05) is 193 Å². The molecule has 7 aromatic carbocycles. The van der Waals surface area contributed by atoms with E-state index in [4.69, 9.17) is 75.8 Å². The maximum absolute atomic E-state index is 15.4. The van der Waals surface area contributed by atoms with Crippen LogP contribution in [0.5, 0.6) is 0 Å². The number of azide groups is 1. The number of hydrogen-bond donors (Lipinski definition) is 6. The third-order valence-corrected chi connectivity index (χ3v) is 19.7. The lowest BCUT2D eigenvalue weighted by atomic mass is 9.95. The van der Waals surface area contributed by atoms with Gasteiger partial charge >= 0.3 is 59.8 Å². The minimum Gasteiger partial charge on any atom is -0.467 e. The summed E-state index contributed by atoms with van der Waals surface area (Å²) in [5, 5.41) is 18.6. The van der Waals surface area contributed by atoms with Crippen LogP contribution >= 0.6 is 0 Å². The fourth-order valence-electron chi connectivity index (χ4n) is 13.3. The number of alkyl carbamates (subject to hydrolysis) is 1. The number of carbonyl (C=O) groups is 15. The molecule has 0 saturated carbocycles. The molecule has 9 rings (SSSR count). The minimum absolute atomic E-state index is 0.0203. The molecule has 2 aliphatic heterocycles. The molecule has 0 aliphatic carbocycles. The SMILES string of the molecule is COC(=O)[C@@H](NC(=O)[C@H](CCC(=O)OCc1ccccc1)NC(=O)[C@H](CC(=O)OCc1ccccc1)NC(=O)CNC(=O)[C@H](COCc1ccccc1)NC(=O)[C@H](CO[C@H]1O[C@H](COC(=O)c2ccccc2)[C@H](O[C@@H]2O[C@H](COC(C)=O)[C@H](OC(C)=O)[C@H](OC(C)=O)[C@H]2OC(C)=O)[C@H](OC(=O)c2ccccc2)[C@H]1N=[N+]=[N-])NC(=O)OCc1ccccc1)[C@@H](C)OCc1ccccc1. The van der Waals surface area contributed by atoms with Crippen LogP contribution in [0.25, 0.3) is 10.4 Å². The van der Waals surface area contributed by atoms with Gasteiger partial charge < -0.3 is 108 Å². The van der Waals surface area contributed by atoms with Gasteiger partial charge in [0, 0.05) is 39.0 Å². The number of benzene rings is 7. The van der Waals surface area contributed by atoms with Crippen molar-refractivity contribution in [3.8, 4) is 0 Å². The van der Waals surface area contributed by atoms with Gasteiger partial charge in [-0.15, -0.1) is 0 Å². The number of nitrogens with one attached hydrogen (secondary N) is 6. The van der Waals surface area contributed by atoms with E-state index >= 15 is 4.79 Å². The summed E-state index contributed by atoms with van der Waals surface area (Å²) in [5.74, 6) is -15.0. The van der Waals surface area contributed by atoms with Crippen molar-refractivity contribution < 1.29 is 148 Å². The molecule has 132 heavy (non-hydrogen) atoms. The van der Waals surface area contributed by atoms with Gasteiger partial charge in [-0.25, -0.2) is 19.2 Å². The number of nitrogens with zero attached hydrogens (tertiary/aromatic N) is 3. The molecule has 0 unspecified atom stereocenters. The standard InChI is InChI=1S/C92H101N9O31/c1-55(119-47-61-30-16-8-17-31-61)76(89(115)117-6)99-84(110)67(42-43-74(107)121-48-62-32-18-9-19-33-62)96-85(111)68(44-75(108)122-49-63-34-20-10-21-35-63)95-73(106)45-94-83(109)69(51-118-46-60-28-14-7-15-29-60)97-86(112)70(98-92(116)125-50-64-36-22-11-23-37-64)52-124-90-77(100-101-93)80(131-88(114)66-40-26-13-27-41-66)78(72(129-90)54-123-87(113)65-38-24-12-25-39-65)132-91-82(128-59(5)105)81(127-58(4)104)79(126-57(3)103)71(130-91)53-120-56(2)102/h7-41,55,67-72,76-82,90-91H,42-54H2,1-6H3,(H,94,109)(H,95,106)(H,96,111)(H,97,112)(H,98,116)(H,99,110)/t55-,67+,68+,69+,70+,71-,72-,76+,77-,78+,79+,80-,81+,82-,90+,91+/m1/s1. The number of rotatable bonds is 47. The van der Waals surface area contributed by atoms with Crippen molar-refractivity contribution in [2.75, 3.05) is 40.1 Å². The highest BCUT2D eigenvalue weighted by molar-refractivity contribution is 5.97. The number of methoxy groups -OCH3 is 1. The second-order valence-electron chi connectivity index (χ2n) is 29.7. The van der Waals surface area contributed by atoms with Crippen molar-refractivity contribution in [3.05, 3.63) is 262 Å². The quantitative estimate of drug-likeness (QED) is 0.00842. The van der Waals surface area contributed by atoms with E-state index in [9.17, 15) is 72.7 Å². The van der Waals surface area contributed by atoms with Crippen LogP contribution in [0.1, 0.15) is 102 Å². The van der Waals surface area contributed by atoms with Crippen LogP contribution in [0.3, 0.4) is 0 Å². The van der Waals surface area contributed by atoms with Crippen molar-refractivity contribution in [1.82, 2.24) is 31.9 Å². The molecule has 2 saturated heterocycles. The Morgan fingerprint density at radius 1 is 0.424 bits per heavy atom. The van der Waals surface area contributed by atoms with E-state index in [0.717, 1.165) is 34.8 Å². The summed E-state index contributed by atoms with van der Waals surface area (Å²) in [6.07, 6.45) is -22.0. The maximum atomic E-state index is 15.4. The topological polar surface area (TPSA) is 525 Å². The second kappa shape index (κ2) is 52.8. The molecule has 0 aromatic heterocycles. The normalized spacial score (nSPS) is 19.1. The van der Waals surface area contributed by atoms with Crippen molar-refractivity contribution in [1.29, 1.82) is 0 Å². The third kappa shape index (κ3) is 33.2. The molecular formula is C92H101N9O31. The van der Waals surface area contributed by atoms with E-state index < -0.39 is 246 Å². The lowest BCUT2D eigenvalue weighted by Gasteiger charge is -2.48. The first kappa shape index (κ1) is 101. The molecule has 700 valence electrons. The number of esters is 9. The van der Waals surface area contributed by atoms with Crippen LogP contribution < -0.4 is 31.9 Å². The summed E-state index contributed by atoms with van der Waals surface area (Å²) >= 11 is 0. The van der Waals surface area contributed by atoms with Gasteiger partial charge in [0.25, 0.3) is 0 Å². The lowest BCUT2D eigenvalue weighted by Crippen LogP contribution is -2.67. The van der Waals surface area contributed by atoms with Crippen molar-refractivity contribution in [2.24, 2.45) is 5.11 Å². The van der Waals surface area contributed by atoms with Crippen molar-refractivity contribution in [3.63, 3.8) is 0 Å². The molecule has 7 aromatic rings. The van der Waals surface area contributed by atoms with Crippen LogP contribution in [0.4, 0.5) is 4.79 Å². The Kier molecular flexibility index (Phi) is 40.5. The van der Waals surface area contributed by atoms with E-state index in [1.165, 1.54) is 55.5 Å². The summed E-state index contributed by atoms with van der Waals surface area (Å²) in [6, 6.07) is 45.7. The van der Waals surface area contributed by atoms with E-state index in [1.807, 2.05) is 0 Å². The number of amides is 6. The zero-order chi connectivity index (χ0) is 94.9. The molecule has 0 spiro atoms. The predicted octanol–water partition coefficient (Wildman–Crippen LogP) is 5.96. The number of ether oxygens (including phenoxy) is 16. The summed E-state index contributed by atoms with van der Waals surface area (Å²) in [7, 11) is 1.07. The zero-order valence-electron chi connectivity index (χ0n) is 72.6. The average Bonchev–Trinajstić information content (AvgIpc) is 0.761. The smallest absolute Gasteiger partial charge is 0.408 e. The largest absolute Gasteiger partial charge is 0.467 e. The van der Waals surface area contributed by atoms with Crippen molar-refractivity contribution >= 4 is 89.4 Å². The Labute approximate surface area is 757 Å². The Morgan fingerprint density at radius 2 is 0.879 bits per heavy atom. The summed E-state index contributed by atoms with van der Waals surface area (Å²) in [5.41, 5.74) is 13.3. The fourth-order valence-corrected chi connectivity index (χ4v) is 13.3. The van der Waals surface area contributed by atoms with Gasteiger partial charge in [-0.2, -0.15) is 0 Å². The molecule has 40 heteroatoms. The predicted molar refractivity (Wildman–Crippen MR) is 456 cm³/mol. The Balaban J connectivity index is 1.03. The summed E-state index contributed by atoms with van der Waals surface area (Å²) in [4.78, 5) is 212. The molecule has 0 radical (unpaired) electrons. The Morgan fingerprint density at radius 3 is 1.42 bits per heavy atom. The maximum Gasteiger partial charge on any atom is 0.408 e. The molecule has 2 aliphatic rings. The van der Waals surface area contributed by atoms with Crippen LogP contribution in [-0.2, 0) is 166 Å². The molecule has 0 bridgehead atoms. The zero-order valence-corrected chi connectivity index (χ0v) is 72.6. The van der Waals surface area contributed by atoms with Gasteiger partial charge in [0.1, 0.15) is 87.7 Å². The molecule has 2 heterocycles. The van der Waals surface area contributed by atoms with Crippen molar-refractivity contribution in [2.45, 2.75) is 185 Å². The monoisotopic (exact) mass is 1830 g/mol. The highest BCUT2D eigenvalue weighted by atomic mass is 16.8. The molecule has 2 fully saturated rings. The lowest BCUT2D eigenvalue weighted by molar-refractivity contribution is -0.348. The minimum atomic E-state index is -2.15. The van der Waals surface area contributed by atoms with Gasteiger partial charge in [0.15, 0.2) is 36.9 Å². The van der Waals surface area contributed by atoms with Crippen LogP contribution in [0, 0.1) is 0 Å². The molecular weight excluding hydrogens is 1730 g/mol. The first-order valence-corrected chi connectivity index (χ1v) is 41.6.